The Labute approximate surface area is 133 Å². The van der Waals surface area contributed by atoms with Crippen LogP contribution in [0.15, 0.2) is 24.3 Å². The second-order valence-corrected chi connectivity index (χ2v) is 6.48. The topological polar surface area (TPSA) is 70.6 Å². The van der Waals surface area contributed by atoms with Gasteiger partial charge in [-0.3, -0.25) is 0 Å². The third-order valence-electron chi connectivity index (χ3n) is 3.25. The molecule has 3 N–H and O–H groups in total. The van der Waals surface area contributed by atoms with Crippen molar-refractivity contribution in [2.45, 2.75) is 58.7 Å². The van der Waals surface area contributed by atoms with Crippen molar-refractivity contribution in [3.8, 4) is 5.75 Å². The Kier molecular flexibility index (Phi) is 6.68. The average Bonchev–Trinajstić information content (AvgIpc) is 2.41. The molecule has 0 heterocycles. The molecule has 5 heteroatoms. The molecule has 1 aromatic carbocycles. The summed E-state index contributed by atoms with van der Waals surface area (Å²) in [7, 11) is 0. The lowest BCUT2D eigenvalue weighted by atomic mass is 10.1. The molecule has 0 aliphatic heterocycles. The Morgan fingerprint density at radius 3 is 2.59 bits per heavy atom. The van der Waals surface area contributed by atoms with Gasteiger partial charge in [0.05, 0.1) is 0 Å². The van der Waals surface area contributed by atoms with Crippen LogP contribution in [0.5, 0.6) is 5.75 Å². The van der Waals surface area contributed by atoms with Crippen LogP contribution in [-0.2, 0) is 4.74 Å². The Bertz CT molecular complexity index is 483. The monoisotopic (exact) mass is 308 g/mol. The number of aromatic hydroxyl groups is 1. The lowest BCUT2D eigenvalue weighted by Crippen LogP contribution is -2.44. The van der Waals surface area contributed by atoms with E-state index in [1.165, 1.54) is 0 Å². The number of benzene rings is 1. The zero-order valence-electron chi connectivity index (χ0n) is 14.1. The predicted octanol–water partition coefficient (Wildman–Crippen LogP) is 3.35. The van der Waals surface area contributed by atoms with Crippen LogP contribution in [0.4, 0.5) is 4.79 Å². The van der Waals surface area contributed by atoms with Crippen LogP contribution in [0.1, 0.15) is 52.6 Å². The zero-order chi connectivity index (χ0) is 16.8. The van der Waals surface area contributed by atoms with Gasteiger partial charge in [-0.25, -0.2) is 4.79 Å². The van der Waals surface area contributed by atoms with Gasteiger partial charge in [0.25, 0.3) is 0 Å². The molecular formula is C17H28N2O3. The fourth-order valence-electron chi connectivity index (χ4n) is 2.00. The lowest BCUT2D eigenvalue weighted by Gasteiger charge is -2.24. The van der Waals surface area contributed by atoms with Gasteiger partial charge in [0, 0.05) is 18.6 Å². The van der Waals surface area contributed by atoms with E-state index in [0.717, 1.165) is 12.0 Å². The van der Waals surface area contributed by atoms with Crippen molar-refractivity contribution in [3.63, 3.8) is 0 Å². The number of carbonyl (C=O) groups excluding carboxylic acids is 1. The minimum Gasteiger partial charge on any atom is -0.508 e. The second-order valence-electron chi connectivity index (χ2n) is 6.48. The molecule has 0 fully saturated rings. The molecule has 5 nitrogen and oxygen atoms in total. The summed E-state index contributed by atoms with van der Waals surface area (Å²) in [5, 5.41) is 15.7. The van der Waals surface area contributed by atoms with Gasteiger partial charge in [0.2, 0.25) is 0 Å². The van der Waals surface area contributed by atoms with Gasteiger partial charge in [0.1, 0.15) is 11.4 Å². The molecule has 0 saturated carbocycles. The zero-order valence-corrected chi connectivity index (χ0v) is 14.1. The van der Waals surface area contributed by atoms with E-state index in [-0.39, 0.29) is 17.8 Å². The Hall–Kier alpha value is -1.75. The Balaban J connectivity index is 2.48. The van der Waals surface area contributed by atoms with E-state index in [4.69, 9.17) is 4.74 Å². The largest absolute Gasteiger partial charge is 0.508 e. The second kappa shape index (κ2) is 8.03. The molecule has 1 aromatic rings. The third-order valence-corrected chi connectivity index (χ3v) is 3.25. The first-order chi connectivity index (χ1) is 10.2. The number of hydrogen-bond acceptors (Lipinski definition) is 4. The van der Waals surface area contributed by atoms with Crippen molar-refractivity contribution in [1.29, 1.82) is 0 Å². The van der Waals surface area contributed by atoms with E-state index in [0.29, 0.717) is 6.54 Å². The highest BCUT2D eigenvalue weighted by Gasteiger charge is 2.19. The van der Waals surface area contributed by atoms with Crippen LogP contribution in [0, 0.1) is 0 Å². The van der Waals surface area contributed by atoms with E-state index < -0.39 is 11.7 Å². The van der Waals surface area contributed by atoms with Gasteiger partial charge in [-0.2, -0.15) is 0 Å². The van der Waals surface area contributed by atoms with E-state index in [9.17, 15) is 9.90 Å². The molecule has 22 heavy (non-hydrogen) atoms. The first-order valence-corrected chi connectivity index (χ1v) is 7.73. The van der Waals surface area contributed by atoms with Crippen molar-refractivity contribution in [1.82, 2.24) is 10.6 Å². The Morgan fingerprint density at radius 1 is 1.36 bits per heavy atom. The standard InChI is InChI=1S/C17H28N2O3/c1-6-14(19-16(21)22-17(3,4)5)11-18-12(2)13-8-7-9-15(20)10-13/h7-10,12,14,18,20H,6,11H2,1-5H3,(H,19,21). The van der Waals surface area contributed by atoms with Gasteiger partial charge in [-0.1, -0.05) is 19.1 Å². The molecule has 2 unspecified atom stereocenters. The molecule has 0 bridgehead atoms. The van der Waals surface area contributed by atoms with Gasteiger partial charge < -0.3 is 20.5 Å². The summed E-state index contributed by atoms with van der Waals surface area (Å²) >= 11 is 0. The van der Waals surface area contributed by atoms with E-state index >= 15 is 0 Å². The number of nitrogens with one attached hydrogen (secondary N) is 2. The van der Waals surface area contributed by atoms with E-state index in [2.05, 4.69) is 10.6 Å². The van der Waals surface area contributed by atoms with Crippen LogP contribution in [0.25, 0.3) is 0 Å². The minimum atomic E-state index is -0.495. The van der Waals surface area contributed by atoms with Gasteiger partial charge >= 0.3 is 6.09 Å². The summed E-state index contributed by atoms with van der Waals surface area (Å²) in [6.45, 7) is 10.2. The van der Waals surface area contributed by atoms with Gasteiger partial charge in [-0.05, 0) is 51.8 Å². The highest BCUT2D eigenvalue weighted by Crippen LogP contribution is 2.17. The van der Waals surface area contributed by atoms with Crippen molar-refractivity contribution in [2.75, 3.05) is 6.54 Å². The van der Waals surface area contributed by atoms with Crippen molar-refractivity contribution in [3.05, 3.63) is 29.8 Å². The number of amides is 1. The van der Waals surface area contributed by atoms with Crippen molar-refractivity contribution >= 4 is 6.09 Å². The number of rotatable bonds is 6. The number of hydrogen-bond donors (Lipinski definition) is 3. The minimum absolute atomic E-state index is 0.00499. The highest BCUT2D eigenvalue weighted by atomic mass is 16.6. The summed E-state index contributed by atoms with van der Waals surface area (Å²) in [6, 6.07) is 7.24. The molecule has 0 saturated heterocycles. The predicted molar refractivity (Wildman–Crippen MR) is 88.0 cm³/mol. The number of phenols is 1. The maximum atomic E-state index is 11.8. The number of phenolic OH excluding ortho intramolecular Hbond substituents is 1. The third kappa shape index (κ3) is 6.80. The van der Waals surface area contributed by atoms with Crippen molar-refractivity contribution in [2.24, 2.45) is 0 Å². The van der Waals surface area contributed by atoms with Crippen LogP contribution < -0.4 is 10.6 Å². The Morgan fingerprint density at radius 2 is 2.05 bits per heavy atom. The maximum absolute atomic E-state index is 11.8. The summed E-state index contributed by atoms with van der Waals surface area (Å²) in [5.41, 5.74) is 0.511. The summed E-state index contributed by atoms with van der Waals surface area (Å²) in [6.07, 6.45) is 0.407. The smallest absolute Gasteiger partial charge is 0.407 e. The normalized spacial score (nSPS) is 14.2. The molecule has 0 spiro atoms. The summed E-state index contributed by atoms with van der Waals surface area (Å²) in [4.78, 5) is 11.8. The van der Waals surface area contributed by atoms with Crippen LogP contribution in [-0.4, -0.2) is 29.4 Å². The highest BCUT2D eigenvalue weighted by molar-refractivity contribution is 5.68. The fourth-order valence-corrected chi connectivity index (χ4v) is 2.00. The maximum Gasteiger partial charge on any atom is 0.407 e. The summed E-state index contributed by atoms with van der Waals surface area (Å²) in [5.74, 6) is 0.255. The van der Waals surface area contributed by atoms with Gasteiger partial charge in [0.15, 0.2) is 0 Å². The quantitative estimate of drug-likeness (QED) is 0.754. The molecule has 1 amide bonds. The number of carbonyl (C=O) groups is 1. The SMILES string of the molecule is CCC(CNC(C)c1cccc(O)c1)NC(=O)OC(C)(C)C. The molecule has 0 aromatic heterocycles. The van der Waals surface area contributed by atoms with Crippen molar-refractivity contribution < 1.29 is 14.6 Å². The van der Waals surface area contributed by atoms with E-state index in [1.807, 2.05) is 46.8 Å². The number of ether oxygens (including phenoxy) is 1. The molecule has 2 atom stereocenters. The van der Waals surface area contributed by atoms with Crippen LogP contribution >= 0.6 is 0 Å². The molecule has 0 aliphatic carbocycles. The first kappa shape index (κ1) is 18.3. The molecule has 124 valence electrons. The molecule has 1 rings (SSSR count). The molecule has 0 aliphatic rings. The fraction of sp³-hybridized carbons (Fsp3) is 0.588. The van der Waals surface area contributed by atoms with Crippen LogP contribution in [0.2, 0.25) is 0 Å². The van der Waals surface area contributed by atoms with E-state index in [1.54, 1.807) is 12.1 Å². The van der Waals surface area contributed by atoms with Gasteiger partial charge in [-0.15, -0.1) is 0 Å². The first-order valence-electron chi connectivity index (χ1n) is 7.73. The van der Waals surface area contributed by atoms with Crippen LogP contribution in [0.3, 0.4) is 0 Å². The average molecular weight is 308 g/mol. The number of alkyl carbamates (subject to hydrolysis) is 1. The summed E-state index contributed by atoms with van der Waals surface area (Å²) < 4.78 is 5.27. The molecule has 0 radical (unpaired) electrons. The molecular weight excluding hydrogens is 280 g/mol. The lowest BCUT2D eigenvalue weighted by molar-refractivity contribution is 0.0502.